The van der Waals surface area contributed by atoms with Crippen molar-refractivity contribution in [2.45, 2.75) is 26.9 Å². The highest BCUT2D eigenvalue weighted by atomic mass is 16.5. The van der Waals surface area contributed by atoms with Crippen molar-refractivity contribution in [3.05, 3.63) is 18.3 Å². The van der Waals surface area contributed by atoms with Gasteiger partial charge in [0.2, 0.25) is 5.88 Å². The Kier molecular flexibility index (Phi) is 6.14. The zero-order valence-corrected chi connectivity index (χ0v) is 11.1. The number of ether oxygens (including phenoxy) is 2. The summed E-state index contributed by atoms with van der Waals surface area (Å²) in [5.74, 6) is 1.10. The van der Waals surface area contributed by atoms with E-state index in [-0.39, 0.29) is 19.9 Å². The summed E-state index contributed by atoms with van der Waals surface area (Å²) < 4.78 is 10.8. The van der Waals surface area contributed by atoms with Gasteiger partial charge < -0.3 is 14.8 Å². The highest BCUT2D eigenvalue weighted by Gasteiger charge is 2.04. The first kappa shape index (κ1) is 14.4. The summed E-state index contributed by atoms with van der Waals surface area (Å²) in [7, 11) is 0. The maximum Gasteiger partial charge on any atom is 0.213 e. The van der Waals surface area contributed by atoms with Crippen LogP contribution in [0.3, 0.4) is 0 Å². The molecule has 1 atom stereocenters. The van der Waals surface area contributed by atoms with Crippen LogP contribution in [-0.4, -0.2) is 36.6 Å². The molecule has 1 aromatic heterocycles. The summed E-state index contributed by atoms with van der Waals surface area (Å²) in [6, 6.07) is 3.48. The normalized spacial score (nSPS) is 11.9. The van der Waals surface area contributed by atoms with E-state index in [9.17, 15) is 4.79 Å². The van der Waals surface area contributed by atoms with Crippen molar-refractivity contribution in [3.8, 4) is 11.6 Å². The molecule has 0 aromatic carbocycles. The first-order valence-electron chi connectivity index (χ1n) is 6.07. The number of hydrogen-bond acceptors (Lipinski definition) is 5. The Morgan fingerprint density at radius 2 is 2.33 bits per heavy atom. The van der Waals surface area contributed by atoms with E-state index in [0.717, 1.165) is 13.1 Å². The maximum atomic E-state index is 10.8. The van der Waals surface area contributed by atoms with Crippen molar-refractivity contribution in [2.75, 3.05) is 19.7 Å². The molecule has 0 saturated carbocycles. The van der Waals surface area contributed by atoms with Gasteiger partial charge in [0.15, 0.2) is 5.78 Å². The van der Waals surface area contributed by atoms with Gasteiger partial charge in [-0.1, -0.05) is 6.92 Å². The first-order chi connectivity index (χ1) is 8.61. The Morgan fingerprint density at radius 1 is 1.56 bits per heavy atom. The van der Waals surface area contributed by atoms with Gasteiger partial charge in [-0.3, -0.25) is 4.79 Å². The second kappa shape index (κ2) is 7.66. The third-order valence-electron chi connectivity index (χ3n) is 2.16. The van der Waals surface area contributed by atoms with E-state index in [1.165, 1.54) is 6.92 Å². The molecule has 1 rings (SSSR count). The summed E-state index contributed by atoms with van der Waals surface area (Å²) in [6.45, 7) is 7.27. The van der Waals surface area contributed by atoms with Gasteiger partial charge in [-0.2, -0.15) is 0 Å². The number of carbonyl (C=O) groups excluding carboxylic acids is 1. The van der Waals surface area contributed by atoms with Crippen molar-refractivity contribution in [1.82, 2.24) is 10.3 Å². The molecule has 5 heteroatoms. The lowest BCUT2D eigenvalue weighted by molar-refractivity contribution is -0.118. The summed E-state index contributed by atoms with van der Waals surface area (Å²) >= 11 is 0. The van der Waals surface area contributed by atoms with Crippen LogP contribution in [0.5, 0.6) is 11.6 Å². The van der Waals surface area contributed by atoms with Crippen LogP contribution in [0.4, 0.5) is 0 Å². The first-order valence-corrected chi connectivity index (χ1v) is 6.07. The van der Waals surface area contributed by atoms with Gasteiger partial charge in [-0.15, -0.1) is 0 Å². The Bertz CT molecular complexity index is 371. The van der Waals surface area contributed by atoms with Gasteiger partial charge in [-0.05, 0) is 26.5 Å². The lowest BCUT2D eigenvalue weighted by atomic mass is 10.4. The minimum absolute atomic E-state index is 0. The zero-order chi connectivity index (χ0) is 13.4. The van der Waals surface area contributed by atoms with Crippen LogP contribution in [0.15, 0.2) is 18.3 Å². The predicted molar refractivity (Wildman–Crippen MR) is 71.2 cm³/mol. The molecule has 0 fully saturated rings. The van der Waals surface area contributed by atoms with E-state index in [1.54, 1.807) is 18.3 Å². The molecule has 0 aliphatic rings. The second-order valence-corrected chi connectivity index (χ2v) is 4.06. The Labute approximate surface area is 109 Å². The van der Waals surface area contributed by atoms with E-state index in [0.29, 0.717) is 11.6 Å². The fraction of sp³-hybridized carbons (Fsp3) is 0.538. The van der Waals surface area contributed by atoms with Crippen molar-refractivity contribution in [2.24, 2.45) is 0 Å². The van der Waals surface area contributed by atoms with Crippen LogP contribution in [0.1, 0.15) is 22.2 Å². The van der Waals surface area contributed by atoms with E-state index in [2.05, 4.69) is 10.3 Å². The van der Waals surface area contributed by atoms with Gasteiger partial charge in [-0.25, -0.2) is 4.98 Å². The van der Waals surface area contributed by atoms with E-state index in [1.807, 2.05) is 13.8 Å². The summed E-state index contributed by atoms with van der Waals surface area (Å²) in [6.07, 6.45) is 1.61. The van der Waals surface area contributed by atoms with Gasteiger partial charge in [0.05, 0.1) is 6.20 Å². The third kappa shape index (κ3) is 5.63. The number of pyridine rings is 1. The largest absolute Gasteiger partial charge is 0.484 e. The van der Waals surface area contributed by atoms with Gasteiger partial charge in [0.1, 0.15) is 18.5 Å². The molecule has 0 aliphatic carbocycles. The third-order valence-corrected chi connectivity index (χ3v) is 2.16. The molecule has 0 amide bonds. The number of nitrogens with one attached hydrogen (secondary N) is 1. The predicted octanol–water partition coefficient (Wildman–Crippen LogP) is 1.67. The molecule has 0 aliphatic heterocycles. The summed E-state index contributed by atoms with van der Waals surface area (Å²) in [5.41, 5.74) is 0. The molecule has 1 N–H and O–H groups in total. The molecule has 0 spiro atoms. The lowest BCUT2D eigenvalue weighted by Crippen LogP contribution is -2.28. The van der Waals surface area contributed by atoms with Crippen LogP contribution >= 0.6 is 0 Å². The lowest BCUT2D eigenvalue weighted by Gasteiger charge is -2.14. The molecule has 0 saturated heterocycles. The van der Waals surface area contributed by atoms with Gasteiger partial charge >= 0.3 is 0 Å². The van der Waals surface area contributed by atoms with E-state index < -0.39 is 0 Å². The molecule has 5 nitrogen and oxygen atoms in total. The maximum absolute atomic E-state index is 10.8. The van der Waals surface area contributed by atoms with Gasteiger partial charge in [0.25, 0.3) is 0 Å². The molecule has 18 heavy (non-hydrogen) atoms. The van der Waals surface area contributed by atoms with Crippen LogP contribution in [-0.2, 0) is 4.79 Å². The summed E-state index contributed by atoms with van der Waals surface area (Å²) in [4.78, 5) is 14.9. The van der Waals surface area contributed by atoms with Gasteiger partial charge in [0, 0.05) is 14.0 Å². The highest BCUT2D eigenvalue weighted by molar-refractivity contribution is 5.77. The number of aromatic nitrogens is 1. The standard InChI is InChI=1S/C13H20N2O3.H2/c1-4-14-7-11(3)18-13-6-5-12(8-15-13)17-9-10(2)16;/h5-6,8,11,14H,4,7,9H2,1-3H3;1H/t11-;/m1./s1. The van der Waals surface area contributed by atoms with Crippen LogP contribution in [0, 0.1) is 0 Å². The van der Waals surface area contributed by atoms with Crippen LogP contribution < -0.4 is 14.8 Å². The van der Waals surface area contributed by atoms with E-state index >= 15 is 0 Å². The molecule has 1 aromatic rings. The Hall–Kier alpha value is -1.62. The summed E-state index contributed by atoms with van der Waals surface area (Å²) in [5, 5.41) is 3.20. The Morgan fingerprint density at radius 3 is 2.89 bits per heavy atom. The van der Waals surface area contributed by atoms with Crippen molar-refractivity contribution < 1.29 is 15.7 Å². The number of carbonyl (C=O) groups is 1. The zero-order valence-electron chi connectivity index (χ0n) is 11.1. The fourth-order valence-corrected chi connectivity index (χ4v) is 1.30. The molecule has 102 valence electrons. The average molecular weight is 254 g/mol. The number of Topliss-reactive ketones (excluding diaryl/α,β-unsaturated/α-hetero) is 1. The van der Waals surface area contributed by atoms with Crippen LogP contribution in [0.25, 0.3) is 0 Å². The van der Waals surface area contributed by atoms with Crippen molar-refractivity contribution in [3.63, 3.8) is 0 Å². The number of rotatable bonds is 8. The molecular weight excluding hydrogens is 232 g/mol. The molecule has 0 bridgehead atoms. The number of nitrogens with zero attached hydrogens (tertiary/aromatic N) is 1. The monoisotopic (exact) mass is 254 g/mol. The second-order valence-electron chi connectivity index (χ2n) is 4.06. The smallest absolute Gasteiger partial charge is 0.213 e. The highest BCUT2D eigenvalue weighted by Crippen LogP contribution is 2.14. The van der Waals surface area contributed by atoms with Crippen molar-refractivity contribution in [1.29, 1.82) is 0 Å². The number of ketones is 1. The quantitative estimate of drug-likeness (QED) is 0.764. The number of likely N-dealkylation sites (N-methyl/N-ethyl adjacent to an activating group) is 1. The minimum Gasteiger partial charge on any atom is -0.484 e. The number of hydrogen-bond donors (Lipinski definition) is 1. The Balaban J connectivity index is 0.00000324. The minimum atomic E-state index is -0.0189. The topological polar surface area (TPSA) is 60.5 Å². The fourth-order valence-electron chi connectivity index (χ4n) is 1.30. The average Bonchev–Trinajstić information content (AvgIpc) is 2.35. The molecule has 0 unspecified atom stereocenters. The molecule has 1 heterocycles. The van der Waals surface area contributed by atoms with Crippen LogP contribution in [0.2, 0.25) is 0 Å². The van der Waals surface area contributed by atoms with E-state index in [4.69, 9.17) is 9.47 Å². The molecule has 0 radical (unpaired) electrons. The van der Waals surface area contributed by atoms with Crippen molar-refractivity contribution >= 4 is 5.78 Å². The molecular formula is C13H22N2O3. The SMILES string of the molecule is CCNC[C@@H](C)Oc1ccc(OCC(C)=O)cn1.[HH].